The molecule has 0 bridgehead atoms. The summed E-state index contributed by atoms with van der Waals surface area (Å²) in [6.07, 6.45) is 12.0. The Bertz CT molecular complexity index is 568. The lowest BCUT2D eigenvalue weighted by molar-refractivity contribution is -0.135. The molecule has 2 saturated carbocycles. The van der Waals surface area contributed by atoms with Crippen LogP contribution >= 0.6 is 0 Å². The molecule has 0 aliphatic heterocycles. The summed E-state index contributed by atoms with van der Waals surface area (Å²) in [7, 11) is -1.24. The molecule has 2 aliphatic rings. The van der Waals surface area contributed by atoms with Crippen LogP contribution in [0.4, 0.5) is 0 Å². The van der Waals surface area contributed by atoms with Crippen LogP contribution in [0.3, 0.4) is 0 Å². The molecule has 1 amide bonds. The Labute approximate surface area is 154 Å². The van der Waals surface area contributed by atoms with Crippen LogP contribution in [0.1, 0.15) is 69.8 Å². The summed E-state index contributed by atoms with van der Waals surface area (Å²) in [4.78, 5) is 16.1. The molecule has 0 spiro atoms. The minimum atomic E-state index is -1.24. The maximum atomic E-state index is 13.1. The maximum absolute atomic E-state index is 13.1. The third kappa shape index (κ3) is 4.93. The predicted molar refractivity (Wildman–Crippen MR) is 103 cm³/mol. The molecule has 0 saturated heterocycles. The smallest absolute Gasteiger partial charge is 0.236 e. The zero-order chi connectivity index (χ0) is 17.6. The number of hydrogen-bond acceptors (Lipinski definition) is 2. The van der Waals surface area contributed by atoms with Gasteiger partial charge < -0.3 is 4.90 Å². The van der Waals surface area contributed by atoms with Gasteiger partial charge in [0.25, 0.3) is 0 Å². The molecule has 25 heavy (non-hydrogen) atoms. The summed E-state index contributed by atoms with van der Waals surface area (Å²) in [5, 5.41) is 0. The number of carbonyl (C=O) groups is 1. The number of nitrogens with zero attached hydrogens (tertiary/aromatic N) is 1. The summed E-state index contributed by atoms with van der Waals surface area (Å²) in [5.74, 6) is 0.244. The topological polar surface area (TPSA) is 37.4 Å². The van der Waals surface area contributed by atoms with E-state index in [0.29, 0.717) is 12.1 Å². The van der Waals surface area contributed by atoms with Crippen molar-refractivity contribution in [3.05, 3.63) is 29.8 Å². The monoisotopic (exact) mass is 361 g/mol. The van der Waals surface area contributed by atoms with Gasteiger partial charge in [-0.05, 0) is 44.7 Å². The van der Waals surface area contributed by atoms with Crippen LogP contribution in [-0.4, -0.2) is 32.9 Å². The molecule has 1 aromatic carbocycles. The van der Waals surface area contributed by atoms with Gasteiger partial charge in [0.05, 0.1) is 10.8 Å². The van der Waals surface area contributed by atoms with Crippen LogP contribution in [0.5, 0.6) is 0 Å². The summed E-state index contributed by atoms with van der Waals surface area (Å²) < 4.78 is 12.7. The lowest BCUT2D eigenvalue weighted by Gasteiger charge is -2.41. The van der Waals surface area contributed by atoms with E-state index < -0.39 is 10.8 Å². The highest BCUT2D eigenvalue weighted by Gasteiger charge is 2.33. The zero-order valence-corrected chi connectivity index (χ0v) is 16.2. The fourth-order valence-electron chi connectivity index (χ4n) is 4.38. The first-order chi connectivity index (χ1) is 12.1. The Hall–Kier alpha value is -1.16. The Kier molecular flexibility index (Phi) is 6.69. The van der Waals surface area contributed by atoms with Gasteiger partial charge in [0.1, 0.15) is 5.75 Å². The summed E-state index contributed by atoms with van der Waals surface area (Å²) >= 11 is 0. The number of carbonyl (C=O) groups excluding carboxylic acids is 1. The first kappa shape index (κ1) is 18.6. The molecule has 0 aromatic heterocycles. The third-order valence-corrected chi connectivity index (χ3v) is 7.07. The van der Waals surface area contributed by atoms with Crippen molar-refractivity contribution in [1.82, 2.24) is 4.90 Å². The van der Waals surface area contributed by atoms with Crippen molar-refractivity contribution in [3.8, 4) is 0 Å². The van der Waals surface area contributed by atoms with Crippen molar-refractivity contribution in [3.63, 3.8) is 0 Å². The third-order valence-electron chi connectivity index (χ3n) is 5.76. The van der Waals surface area contributed by atoms with Crippen molar-refractivity contribution in [2.45, 2.75) is 88.1 Å². The molecule has 2 fully saturated rings. The van der Waals surface area contributed by atoms with E-state index in [1.807, 2.05) is 31.2 Å². The molecule has 0 radical (unpaired) electrons. The SMILES string of the molecule is Cc1ccc(S(=O)CC(=O)N(C2CCCCC2)C2CCCCC2)cc1. The van der Waals surface area contributed by atoms with Crippen molar-refractivity contribution in [2.75, 3.05) is 5.75 Å². The van der Waals surface area contributed by atoms with Gasteiger partial charge in [-0.3, -0.25) is 9.00 Å². The highest BCUT2D eigenvalue weighted by atomic mass is 32.2. The van der Waals surface area contributed by atoms with E-state index in [0.717, 1.165) is 36.1 Å². The molecule has 1 atom stereocenters. The average molecular weight is 362 g/mol. The van der Waals surface area contributed by atoms with Crippen molar-refractivity contribution in [2.24, 2.45) is 0 Å². The Morgan fingerprint density at radius 3 is 1.88 bits per heavy atom. The van der Waals surface area contributed by atoms with Crippen molar-refractivity contribution < 1.29 is 9.00 Å². The fourth-order valence-corrected chi connectivity index (χ4v) is 5.36. The van der Waals surface area contributed by atoms with Crippen LogP contribution in [-0.2, 0) is 15.6 Å². The molecular weight excluding hydrogens is 330 g/mol. The van der Waals surface area contributed by atoms with Gasteiger partial charge in [-0.15, -0.1) is 0 Å². The van der Waals surface area contributed by atoms with Crippen LogP contribution in [0, 0.1) is 6.92 Å². The van der Waals surface area contributed by atoms with Crippen molar-refractivity contribution in [1.29, 1.82) is 0 Å². The molecule has 4 heteroatoms. The standard InChI is InChI=1S/C21H31NO2S/c1-17-12-14-20(15-13-17)25(24)16-21(23)22(18-8-4-2-5-9-18)19-10-6-3-7-11-19/h12-15,18-19H,2-11,16H2,1H3. The lowest BCUT2D eigenvalue weighted by Crippen LogP contribution is -2.50. The van der Waals surface area contributed by atoms with Gasteiger partial charge in [-0.2, -0.15) is 0 Å². The van der Waals surface area contributed by atoms with Gasteiger partial charge in [-0.25, -0.2) is 0 Å². The summed E-state index contributed by atoms with van der Waals surface area (Å²) in [6, 6.07) is 8.48. The number of aryl methyl sites for hydroxylation is 1. The molecule has 2 aliphatic carbocycles. The van der Waals surface area contributed by atoms with Gasteiger partial charge in [0.15, 0.2) is 0 Å². The van der Waals surface area contributed by atoms with E-state index >= 15 is 0 Å². The lowest BCUT2D eigenvalue weighted by atomic mass is 9.88. The minimum Gasteiger partial charge on any atom is -0.336 e. The zero-order valence-electron chi connectivity index (χ0n) is 15.4. The van der Waals surface area contributed by atoms with Crippen molar-refractivity contribution >= 4 is 16.7 Å². The number of benzene rings is 1. The summed E-state index contributed by atoms with van der Waals surface area (Å²) in [5.41, 5.74) is 1.15. The van der Waals surface area contributed by atoms with Crippen LogP contribution < -0.4 is 0 Å². The van der Waals surface area contributed by atoms with Gasteiger partial charge in [-0.1, -0.05) is 56.2 Å². The molecule has 0 heterocycles. The number of amides is 1. The second-order valence-electron chi connectivity index (χ2n) is 7.69. The highest BCUT2D eigenvalue weighted by molar-refractivity contribution is 7.85. The van der Waals surface area contributed by atoms with E-state index in [2.05, 4.69) is 4.90 Å². The van der Waals surface area contributed by atoms with E-state index in [9.17, 15) is 9.00 Å². The Morgan fingerprint density at radius 1 is 0.920 bits per heavy atom. The highest BCUT2D eigenvalue weighted by Crippen LogP contribution is 2.30. The van der Waals surface area contributed by atoms with Crippen LogP contribution in [0.25, 0.3) is 0 Å². The fraction of sp³-hybridized carbons (Fsp3) is 0.667. The quantitative estimate of drug-likeness (QED) is 0.769. The minimum absolute atomic E-state index is 0.109. The number of rotatable bonds is 5. The van der Waals surface area contributed by atoms with E-state index in [1.165, 1.54) is 38.5 Å². The normalized spacial score (nSPS) is 21.0. The average Bonchev–Trinajstić information content (AvgIpc) is 2.64. The molecule has 1 aromatic rings. The molecule has 3 rings (SSSR count). The first-order valence-electron chi connectivity index (χ1n) is 9.91. The second kappa shape index (κ2) is 8.98. The van der Waals surface area contributed by atoms with Crippen LogP contribution in [0.2, 0.25) is 0 Å². The van der Waals surface area contributed by atoms with Gasteiger partial charge >= 0.3 is 0 Å². The van der Waals surface area contributed by atoms with Crippen LogP contribution in [0.15, 0.2) is 29.2 Å². The largest absolute Gasteiger partial charge is 0.336 e. The molecule has 138 valence electrons. The molecular formula is C21H31NO2S. The first-order valence-corrected chi connectivity index (χ1v) is 11.2. The van der Waals surface area contributed by atoms with Gasteiger partial charge in [0.2, 0.25) is 5.91 Å². The molecule has 3 nitrogen and oxygen atoms in total. The van der Waals surface area contributed by atoms with Gasteiger partial charge in [0, 0.05) is 17.0 Å². The second-order valence-corrected chi connectivity index (χ2v) is 9.14. The summed E-state index contributed by atoms with van der Waals surface area (Å²) in [6.45, 7) is 2.02. The Morgan fingerprint density at radius 2 is 1.40 bits per heavy atom. The maximum Gasteiger partial charge on any atom is 0.236 e. The number of hydrogen-bond donors (Lipinski definition) is 0. The van der Waals surface area contributed by atoms with E-state index in [-0.39, 0.29) is 11.7 Å². The predicted octanol–water partition coefficient (Wildman–Crippen LogP) is 4.60. The Balaban J connectivity index is 1.71. The van der Waals surface area contributed by atoms with E-state index in [4.69, 9.17) is 0 Å². The molecule has 1 unspecified atom stereocenters. The molecule has 0 N–H and O–H groups in total. The van der Waals surface area contributed by atoms with E-state index in [1.54, 1.807) is 0 Å².